The number of carbonyl (C=O) groups excluding carboxylic acids is 1. The van der Waals surface area contributed by atoms with Crippen LogP contribution in [0.5, 0.6) is 0 Å². The van der Waals surface area contributed by atoms with Crippen molar-refractivity contribution in [2.45, 2.75) is 26.3 Å². The third kappa shape index (κ3) is 4.45. The number of amides is 1. The Morgan fingerprint density at radius 3 is 2.50 bits per heavy atom. The molecule has 3 N–H and O–H groups in total. The minimum Gasteiger partial charge on any atom is -0.480 e. The second kappa shape index (κ2) is 8.73. The maximum absolute atomic E-state index is 12.4. The van der Waals surface area contributed by atoms with Gasteiger partial charge < -0.3 is 15.7 Å². The number of anilines is 1. The van der Waals surface area contributed by atoms with Crippen LogP contribution in [0.15, 0.2) is 42.5 Å². The lowest BCUT2D eigenvalue weighted by Gasteiger charge is -2.18. The lowest BCUT2D eigenvalue weighted by molar-refractivity contribution is -0.383. The number of benzene rings is 2. The summed E-state index contributed by atoms with van der Waals surface area (Å²) in [5.74, 6) is -1.53. The highest BCUT2D eigenvalue weighted by Gasteiger charge is 2.22. The molecule has 2 aromatic carbocycles. The summed E-state index contributed by atoms with van der Waals surface area (Å²) in [4.78, 5) is 39.4. The Morgan fingerprint density at radius 1 is 1.13 bits per heavy atom. The van der Waals surface area contributed by atoms with Gasteiger partial charge in [-0.2, -0.15) is 0 Å². The van der Waals surface area contributed by atoms with Gasteiger partial charge in [-0.25, -0.2) is 9.78 Å². The summed E-state index contributed by atoms with van der Waals surface area (Å²) in [5, 5.41) is 27.3. The van der Waals surface area contributed by atoms with Crippen molar-refractivity contribution in [3.05, 3.63) is 52.6 Å². The first-order chi connectivity index (χ1) is 14.3. The van der Waals surface area contributed by atoms with Gasteiger partial charge in [-0.3, -0.25) is 14.9 Å². The SMILES string of the molecule is CC(C)C[C@H](NC(=O)CNc1c2ccccc2nc2cccc([N+](=O)[O-])c12)C(=O)O. The highest BCUT2D eigenvalue weighted by molar-refractivity contribution is 6.11. The monoisotopic (exact) mass is 410 g/mol. The first-order valence-corrected chi connectivity index (χ1v) is 9.49. The summed E-state index contributed by atoms with van der Waals surface area (Å²) in [6.45, 7) is 3.50. The lowest BCUT2D eigenvalue weighted by atomic mass is 10.0. The highest BCUT2D eigenvalue weighted by atomic mass is 16.6. The van der Waals surface area contributed by atoms with E-state index in [0.29, 0.717) is 33.9 Å². The molecule has 3 aromatic rings. The molecule has 3 rings (SSSR count). The number of hydrogen-bond donors (Lipinski definition) is 3. The zero-order valence-corrected chi connectivity index (χ0v) is 16.6. The fraction of sp³-hybridized carbons (Fsp3) is 0.286. The number of para-hydroxylation sites is 1. The van der Waals surface area contributed by atoms with Crippen molar-refractivity contribution in [3.8, 4) is 0 Å². The number of nitrogens with one attached hydrogen (secondary N) is 2. The molecule has 1 atom stereocenters. The van der Waals surface area contributed by atoms with Crippen molar-refractivity contribution in [1.29, 1.82) is 0 Å². The van der Waals surface area contributed by atoms with E-state index in [2.05, 4.69) is 15.6 Å². The molecule has 1 heterocycles. The molecular formula is C21H22N4O5. The molecule has 9 heteroatoms. The zero-order valence-electron chi connectivity index (χ0n) is 16.6. The summed E-state index contributed by atoms with van der Waals surface area (Å²) in [6.07, 6.45) is 0.299. The number of carbonyl (C=O) groups is 2. The van der Waals surface area contributed by atoms with Crippen molar-refractivity contribution in [2.24, 2.45) is 5.92 Å². The van der Waals surface area contributed by atoms with Gasteiger partial charge in [0, 0.05) is 11.5 Å². The summed E-state index contributed by atoms with van der Waals surface area (Å²) >= 11 is 0. The minimum atomic E-state index is -1.10. The molecule has 1 aromatic heterocycles. The third-order valence-electron chi connectivity index (χ3n) is 4.65. The van der Waals surface area contributed by atoms with Crippen LogP contribution in [0.3, 0.4) is 0 Å². The Balaban J connectivity index is 1.97. The van der Waals surface area contributed by atoms with E-state index < -0.39 is 22.8 Å². The highest BCUT2D eigenvalue weighted by Crippen LogP contribution is 2.36. The molecule has 1 amide bonds. The average molecular weight is 410 g/mol. The number of aliphatic carboxylic acids is 1. The second-order valence-electron chi connectivity index (χ2n) is 7.37. The van der Waals surface area contributed by atoms with E-state index >= 15 is 0 Å². The number of rotatable bonds is 8. The summed E-state index contributed by atoms with van der Waals surface area (Å²) < 4.78 is 0. The predicted octanol–water partition coefficient (Wildman–Crippen LogP) is 3.32. The normalized spacial score (nSPS) is 12.1. The number of hydrogen-bond acceptors (Lipinski definition) is 6. The van der Waals surface area contributed by atoms with Crippen molar-refractivity contribution < 1.29 is 19.6 Å². The molecule has 0 unspecified atom stereocenters. The van der Waals surface area contributed by atoms with Crippen molar-refractivity contribution >= 4 is 45.1 Å². The fourth-order valence-electron chi connectivity index (χ4n) is 3.37. The Hall–Kier alpha value is -3.75. The van der Waals surface area contributed by atoms with Crippen molar-refractivity contribution in [1.82, 2.24) is 10.3 Å². The van der Waals surface area contributed by atoms with E-state index in [0.717, 1.165) is 0 Å². The molecule has 0 aliphatic rings. The van der Waals surface area contributed by atoms with Crippen molar-refractivity contribution in [3.63, 3.8) is 0 Å². The van der Waals surface area contributed by atoms with Gasteiger partial charge in [0.05, 0.1) is 28.2 Å². The van der Waals surface area contributed by atoms with E-state index in [1.165, 1.54) is 6.07 Å². The van der Waals surface area contributed by atoms with Gasteiger partial charge >= 0.3 is 5.97 Å². The average Bonchev–Trinajstić information content (AvgIpc) is 2.69. The van der Waals surface area contributed by atoms with E-state index in [4.69, 9.17) is 0 Å². The molecule has 0 radical (unpaired) electrons. The molecule has 30 heavy (non-hydrogen) atoms. The quantitative estimate of drug-likeness (QED) is 0.294. The van der Waals surface area contributed by atoms with E-state index in [-0.39, 0.29) is 18.2 Å². The van der Waals surface area contributed by atoms with Crippen LogP contribution in [0.4, 0.5) is 11.4 Å². The van der Waals surface area contributed by atoms with Gasteiger partial charge in [0.2, 0.25) is 5.91 Å². The van der Waals surface area contributed by atoms with Gasteiger partial charge in [0.1, 0.15) is 11.4 Å². The molecule has 0 saturated carbocycles. The van der Waals surface area contributed by atoms with Gasteiger partial charge in [0.25, 0.3) is 5.69 Å². The van der Waals surface area contributed by atoms with E-state index in [1.54, 1.807) is 36.4 Å². The maximum Gasteiger partial charge on any atom is 0.326 e. The second-order valence-corrected chi connectivity index (χ2v) is 7.37. The molecule has 0 aliphatic heterocycles. The third-order valence-corrected chi connectivity index (χ3v) is 4.65. The smallest absolute Gasteiger partial charge is 0.326 e. The fourth-order valence-corrected chi connectivity index (χ4v) is 3.37. The van der Waals surface area contributed by atoms with Gasteiger partial charge in [-0.05, 0) is 24.5 Å². The van der Waals surface area contributed by atoms with Gasteiger partial charge in [-0.15, -0.1) is 0 Å². The van der Waals surface area contributed by atoms with E-state index in [1.807, 2.05) is 13.8 Å². The minimum absolute atomic E-state index is 0.0927. The number of non-ortho nitro benzene ring substituents is 1. The molecular weight excluding hydrogens is 388 g/mol. The molecule has 9 nitrogen and oxygen atoms in total. The van der Waals surface area contributed by atoms with Gasteiger partial charge in [0.15, 0.2) is 0 Å². The number of nitro groups is 1. The Bertz CT molecular complexity index is 1130. The number of pyridine rings is 1. The first kappa shape index (κ1) is 21.0. The maximum atomic E-state index is 12.4. The van der Waals surface area contributed by atoms with Crippen LogP contribution in [-0.4, -0.2) is 39.5 Å². The summed E-state index contributed by atoms with van der Waals surface area (Å²) in [7, 11) is 0. The molecule has 0 aliphatic carbocycles. The lowest BCUT2D eigenvalue weighted by Crippen LogP contribution is -2.44. The standard InChI is InChI=1S/C21H22N4O5/c1-12(2)10-16(21(27)28)24-18(26)11-22-20-13-6-3-4-7-14(13)23-15-8-5-9-17(19(15)20)25(29)30/h3-9,12,16H,10-11H2,1-2H3,(H,22,23)(H,24,26)(H,27,28)/t16-/m0/s1. The summed E-state index contributed by atoms with van der Waals surface area (Å²) in [5.41, 5.74) is 1.33. The van der Waals surface area contributed by atoms with Crippen LogP contribution < -0.4 is 10.6 Å². The first-order valence-electron chi connectivity index (χ1n) is 9.49. The molecule has 0 fully saturated rings. The number of carboxylic acid groups (broad SMARTS) is 1. The van der Waals surface area contributed by atoms with Crippen LogP contribution in [0.2, 0.25) is 0 Å². The largest absolute Gasteiger partial charge is 0.480 e. The van der Waals surface area contributed by atoms with E-state index in [9.17, 15) is 24.8 Å². The number of nitro benzene ring substituents is 1. The van der Waals surface area contributed by atoms with Crippen LogP contribution in [0.25, 0.3) is 21.8 Å². The Kier molecular flexibility index (Phi) is 6.10. The number of fused-ring (bicyclic) bond motifs is 2. The van der Waals surface area contributed by atoms with Crippen molar-refractivity contribution in [2.75, 3.05) is 11.9 Å². The molecule has 0 bridgehead atoms. The predicted molar refractivity (Wildman–Crippen MR) is 113 cm³/mol. The van der Waals surface area contributed by atoms with Crippen LogP contribution in [0, 0.1) is 16.0 Å². The van der Waals surface area contributed by atoms with Gasteiger partial charge in [-0.1, -0.05) is 38.1 Å². The molecule has 0 saturated heterocycles. The molecule has 0 spiro atoms. The zero-order chi connectivity index (χ0) is 21.8. The van der Waals surface area contributed by atoms with Crippen LogP contribution >= 0.6 is 0 Å². The van der Waals surface area contributed by atoms with Crippen LogP contribution in [-0.2, 0) is 9.59 Å². The number of aromatic nitrogens is 1. The number of nitrogens with zero attached hydrogens (tertiary/aromatic N) is 2. The number of carboxylic acids is 1. The van der Waals surface area contributed by atoms with Crippen LogP contribution in [0.1, 0.15) is 20.3 Å². The molecule has 156 valence electrons. The Labute approximate surface area is 172 Å². The Morgan fingerprint density at radius 2 is 1.83 bits per heavy atom. The topological polar surface area (TPSA) is 134 Å². The summed E-state index contributed by atoms with van der Waals surface area (Å²) in [6, 6.07) is 10.7.